The van der Waals surface area contributed by atoms with E-state index < -0.39 is 22.8 Å². The van der Waals surface area contributed by atoms with Gasteiger partial charge in [-0.15, -0.1) is 0 Å². The van der Waals surface area contributed by atoms with Crippen LogP contribution in [0.25, 0.3) is 0 Å². The van der Waals surface area contributed by atoms with Crippen LogP contribution in [-0.2, 0) is 19.0 Å². The summed E-state index contributed by atoms with van der Waals surface area (Å²) in [6.45, 7) is 20.7. The normalized spacial score (nSPS) is 41.6. The van der Waals surface area contributed by atoms with Crippen LogP contribution in [0.2, 0.25) is 0 Å². The SMILES string of the molecule is C=C(C)[C@]1(O)C=C2[C@H]3OC(C)(C)O[C@H]3[C@H](C(C)C)[C@@]2(C)CC[C@]1(C)/C=C/C(=O)OCC. The van der Waals surface area contributed by atoms with Crippen LogP contribution in [0.3, 0.4) is 0 Å². The molecular weight excluding hydrogens is 392 g/mol. The number of hydrogen-bond donors (Lipinski definition) is 1. The lowest BCUT2D eigenvalue weighted by Gasteiger charge is -2.42. The molecule has 1 N–H and O–H groups in total. The summed E-state index contributed by atoms with van der Waals surface area (Å²) in [5.41, 5.74) is -0.476. The highest BCUT2D eigenvalue weighted by Gasteiger charge is 2.64. The highest BCUT2D eigenvalue weighted by Crippen LogP contribution is 2.63. The lowest BCUT2D eigenvalue weighted by molar-refractivity contribution is -0.162. The number of esters is 1. The fourth-order valence-corrected chi connectivity index (χ4v) is 6.21. The molecule has 31 heavy (non-hydrogen) atoms. The first-order valence-corrected chi connectivity index (χ1v) is 11.5. The van der Waals surface area contributed by atoms with E-state index in [0.29, 0.717) is 24.5 Å². The van der Waals surface area contributed by atoms with E-state index in [9.17, 15) is 9.90 Å². The number of carbonyl (C=O) groups is 1. The summed E-state index contributed by atoms with van der Waals surface area (Å²) >= 11 is 0. The van der Waals surface area contributed by atoms with Crippen molar-refractivity contribution in [2.24, 2.45) is 22.7 Å². The number of hydrogen-bond acceptors (Lipinski definition) is 5. The van der Waals surface area contributed by atoms with Crippen LogP contribution in [0, 0.1) is 22.7 Å². The molecule has 3 rings (SSSR count). The largest absolute Gasteiger partial charge is 0.463 e. The van der Waals surface area contributed by atoms with E-state index in [1.165, 1.54) is 6.08 Å². The third-order valence-corrected chi connectivity index (χ3v) is 7.83. The predicted octanol–water partition coefficient (Wildman–Crippen LogP) is 4.95. The van der Waals surface area contributed by atoms with Crippen molar-refractivity contribution in [2.45, 2.75) is 91.8 Å². The second-order valence-electron chi connectivity index (χ2n) is 10.9. The summed E-state index contributed by atoms with van der Waals surface area (Å²) in [5.74, 6) is -0.411. The Labute approximate surface area is 187 Å². The second kappa shape index (κ2) is 7.86. The molecule has 0 aromatic heterocycles. The molecule has 0 radical (unpaired) electrons. The highest BCUT2D eigenvalue weighted by atomic mass is 16.8. The fourth-order valence-electron chi connectivity index (χ4n) is 6.21. The van der Waals surface area contributed by atoms with E-state index in [1.54, 1.807) is 13.0 Å². The molecule has 5 heteroatoms. The molecule has 1 heterocycles. The molecule has 1 aliphatic heterocycles. The molecule has 6 atom stereocenters. The molecule has 174 valence electrons. The summed E-state index contributed by atoms with van der Waals surface area (Å²) < 4.78 is 17.9. The molecule has 0 bridgehead atoms. The van der Waals surface area contributed by atoms with Gasteiger partial charge in [0.15, 0.2) is 5.79 Å². The fraction of sp³-hybridized carbons (Fsp3) is 0.731. The minimum atomic E-state index is -1.32. The van der Waals surface area contributed by atoms with Gasteiger partial charge in [0.1, 0.15) is 11.7 Å². The Morgan fingerprint density at radius 2 is 1.94 bits per heavy atom. The maximum atomic E-state index is 12.1. The first-order valence-electron chi connectivity index (χ1n) is 11.5. The minimum absolute atomic E-state index is 0.0416. The Balaban J connectivity index is 2.14. The third kappa shape index (κ3) is 3.83. The Bertz CT molecular complexity index is 809. The van der Waals surface area contributed by atoms with Crippen molar-refractivity contribution in [3.05, 3.63) is 36.0 Å². The molecular formula is C26H40O5. The monoisotopic (exact) mass is 432 g/mol. The second-order valence-corrected chi connectivity index (χ2v) is 10.9. The average molecular weight is 433 g/mol. The van der Waals surface area contributed by atoms with E-state index in [0.717, 1.165) is 12.0 Å². The zero-order valence-electron chi connectivity index (χ0n) is 20.5. The summed E-state index contributed by atoms with van der Waals surface area (Å²) in [6, 6.07) is 0. The summed E-state index contributed by atoms with van der Waals surface area (Å²) in [6.07, 6.45) is 6.52. The topological polar surface area (TPSA) is 65.0 Å². The standard InChI is InChI=1S/C26H40O5/c1-10-29-19(27)11-12-24(8)13-14-25(9)18(15-26(24,28)17(4)5)21-22(20(25)16(2)3)31-23(6,7)30-21/h11-12,15-16,20-22,28H,4,10,13-14H2,1-3,5-9H3/b12-11+/t20-,21+,22-,24-,25-,26+/m0/s1. The third-order valence-electron chi connectivity index (χ3n) is 7.83. The molecule has 2 aliphatic carbocycles. The highest BCUT2D eigenvalue weighted by molar-refractivity contribution is 5.82. The van der Waals surface area contributed by atoms with Gasteiger partial charge >= 0.3 is 5.97 Å². The molecule has 0 aromatic carbocycles. The van der Waals surface area contributed by atoms with Crippen LogP contribution in [0.1, 0.15) is 68.2 Å². The van der Waals surface area contributed by atoms with Crippen LogP contribution in [-0.4, -0.2) is 41.3 Å². The number of aliphatic hydroxyl groups is 1. The van der Waals surface area contributed by atoms with Crippen molar-refractivity contribution in [1.82, 2.24) is 0 Å². The Morgan fingerprint density at radius 3 is 2.48 bits per heavy atom. The lowest BCUT2D eigenvalue weighted by Crippen LogP contribution is -2.45. The van der Waals surface area contributed by atoms with E-state index in [-0.39, 0.29) is 23.5 Å². The number of ether oxygens (including phenoxy) is 3. The molecule has 1 saturated heterocycles. The minimum Gasteiger partial charge on any atom is -0.463 e. The molecule has 2 fully saturated rings. The maximum Gasteiger partial charge on any atom is 0.330 e. The van der Waals surface area contributed by atoms with E-state index in [1.807, 2.05) is 33.8 Å². The van der Waals surface area contributed by atoms with Crippen molar-refractivity contribution in [1.29, 1.82) is 0 Å². The zero-order chi connectivity index (χ0) is 23.4. The van der Waals surface area contributed by atoms with Gasteiger partial charge in [-0.3, -0.25) is 0 Å². The van der Waals surface area contributed by atoms with Gasteiger partial charge in [0.2, 0.25) is 0 Å². The van der Waals surface area contributed by atoms with Crippen molar-refractivity contribution < 1.29 is 24.1 Å². The Morgan fingerprint density at radius 1 is 1.29 bits per heavy atom. The smallest absolute Gasteiger partial charge is 0.330 e. The Hall–Kier alpha value is -1.43. The van der Waals surface area contributed by atoms with Gasteiger partial charge in [0.25, 0.3) is 0 Å². The number of rotatable bonds is 5. The van der Waals surface area contributed by atoms with E-state index >= 15 is 0 Å². The molecule has 0 spiro atoms. The quantitative estimate of drug-likeness (QED) is 0.378. The zero-order valence-corrected chi connectivity index (χ0v) is 20.5. The maximum absolute atomic E-state index is 12.1. The van der Waals surface area contributed by atoms with Gasteiger partial charge in [0, 0.05) is 11.5 Å². The Kier molecular flexibility index (Phi) is 6.14. The summed E-state index contributed by atoms with van der Waals surface area (Å²) in [4.78, 5) is 12.1. The first-order chi connectivity index (χ1) is 14.2. The van der Waals surface area contributed by atoms with Crippen LogP contribution >= 0.6 is 0 Å². The van der Waals surface area contributed by atoms with E-state index in [4.69, 9.17) is 14.2 Å². The van der Waals surface area contributed by atoms with Crippen molar-refractivity contribution in [3.63, 3.8) is 0 Å². The lowest BCUT2D eigenvalue weighted by atomic mass is 9.65. The number of carbonyl (C=O) groups excluding carboxylic acids is 1. The van der Waals surface area contributed by atoms with Crippen molar-refractivity contribution >= 4 is 5.97 Å². The van der Waals surface area contributed by atoms with Crippen LogP contribution in [0.15, 0.2) is 36.0 Å². The first kappa shape index (κ1) is 24.2. The molecule has 0 unspecified atom stereocenters. The van der Waals surface area contributed by atoms with Gasteiger partial charge in [-0.05, 0) is 75.0 Å². The van der Waals surface area contributed by atoms with Gasteiger partial charge in [0.05, 0.1) is 12.7 Å². The molecule has 1 saturated carbocycles. The summed E-state index contributed by atoms with van der Waals surface area (Å²) in [7, 11) is 0. The average Bonchev–Trinajstić information content (AvgIpc) is 3.02. The molecule has 5 nitrogen and oxygen atoms in total. The predicted molar refractivity (Wildman–Crippen MR) is 121 cm³/mol. The molecule has 3 aliphatic rings. The van der Waals surface area contributed by atoms with Gasteiger partial charge in [-0.2, -0.15) is 0 Å². The molecule has 0 aromatic rings. The number of fused-ring (bicyclic) bond motifs is 3. The van der Waals surface area contributed by atoms with Crippen LogP contribution in [0.4, 0.5) is 0 Å². The van der Waals surface area contributed by atoms with Gasteiger partial charge in [-0.25, -0.2) is 4.79 Å². The van der Waals surface area contributed by atoms with E-state index in [2.05, 4.69) is 27.4 Å². The van der Waals surface area contributed by atoms with Crippen molar-refractivity contribution in [3.8, 4) is 0 Å². The molecule has 0 amide bonds. The van der Waals surface area contributed by atoms with Crippen LogP contribution in [0.5, 0.6) is 0 Å². The van der Waals surface area contributed by atoms with Crippen LogP contribution < -0.4 is 0 Å². The van der Waals surface area contributed by atoms with Gasteiger partial charge in [-0.1, -0.05) is 40.3 Å². The van der Waals surface area contributed by atoms with Gasteiger partial charge < -0.3 is 19.3 Å². The summed E-state index contributed by atoms with van der Waals surface area (Å²) in [5, 5.41) is 12.1. The van der Waals surface area contributed by atoms with Crippen molar-refractivity contribution in [2.75, 3.05) is 6.61 Å².